The molecule has 0 N–H and O–H groups in total. The molecule has 0 saturated carbocycles. The third-order valence-electron chi connectivity index (χ3n) is 3.87. The second-order valence-corrected chi connectivity index (χ2v) is 5.38. The number of hydrogen-bond donors (Lipinski definition) is 0. The summed E-state index contributed by atoms with van der Waals surface area (Å²) in [4.78, 5) is 2.60. The Labute approximate surface area is 111 Å². The topological polar surface area (TPSA) is 12.5 Å². The van der Waals surface area contributed by atoms with Gasteiger partial charge in [0.25, 0.3) is 0 Å². The fraction of sp³-hybridized carbons (Fsp3) is 0.625. The molecule has 0 aromatic heterocycles. The summed E-state index contributed by atoms with van der Waals surface area (Å²) in [5, 5.41) is 0. The van der Waals surface area contributed by atoms with Crippen LogP contribution in [0.25, 0.3) is 0 Å². The minimum absolute atomic E-state index is 0.919. The minimum atomic E-state index is 0.919. The van der Waals surface area contributed by atoms with E-state index < -0.39 is 0 Å². The summed E-state index contributed by atoms with van der Waals surface area (Å²) in [6.07, 6.45) is 5.49. The molecule has 100 valence electrons. The normalized spacial score (nSPS) is 20.9. The number of piperidine rings is 1. The molecule has 0 radical (unpaired) electrons. The smallest absolute Gasteiger partial charge is 0.118 e. The van der Waals surface area contributed by atoms with Crippen LogP contribution in [0.1, 0.15) is 38.2 Å². The van der Waals surface area contributed by atoms with Gasteiger partial charge in [-0.3, -0.25) is 4.90 Å². The highest BCUT2D eigenvalue weighted by Crippen LogP contribution is 2.22. The summed E-state index contributed by atoms with van der Waals surface area (Å²) < 4.78 is 5.19. The summed E-state index contributed by atoms with van der Waals surface area (Å²) in [6.45, 7) is 5.92. The Balaban J connectivity index is 1.87. The van der Waals surface area contributed by atoms with Gasteiger partial charge >= 0.3 is 0 Å². The molecule has 18 heavy (non-hydrogen) atoms. The van der Waals surface area contributed by atoms with Crippen LogP contribution in [0.2, 0.25) is 0 Å². The number of likely N-dealkylation sites (tertiary alicyclic amines) is 1. The Bertz CT molecular complexity index is 345. The molecule has 0 bridgehead atoms. The molecule has 1 fully saturated rings. The van der Waals surface area contributed by atoms with E-state index in [4.69, 9.17) is 4.74 Å². The van der Waals surface area contributed by atoms with Gasteiger partial charge < -0.3 is 4.74 Å². The molecule has 1 aliphatic rings. The van der Waals surface area contributed by atoms with E-state index in [1.807, 2.05) is 0 Å². The van der Waals surface area contributed by atoms with Crippen LogP contribution in [-0.2, 0) is 6.54 Å². The van der Waals surface area contributed by atoms with Crippen LogP contribution < -0.4 is 4.74 Å². The number of benzene rings is 1. The summed E-state index contributed by atoms with van der Waals surface area (Å²) in [5.74, 6) is 1.86. The first-order valence-electron chi connectivity index (χ1n) is 7.17. The number of nitrogens with zero attached hydrogens (tertiary/aromatic N) is 1. The van der Waals surface area contributed by atoms with E-state index in [0.29, 0.717) is 0 Å². The van der Waals surface area contributed by atoms with Crippen LogP contribution in [-0.4, -0.2) is 25.1 Å². The Morgan fingerprint density at radius 2 is 2.06 bits per heavy atom. The van der Waals surface area contributed by atoms with Crippen LogP contribution >= 0.6 is 0 Å². The van der Waals surface area contributed by atoms with Gasteiger partial charge in [-0.1, -0.05) is 25.5 Å². The van der Waals surface area contributed by atoms with Crippen molar-refractivity contribution < 1.29 is 4.74 Å². The van der Waals surface area contributed by atoms with Crippen LogP contribution in [0.3, 0.4) is 0 Å². The zero-order valence-electron chi connectivity index (χ0n) is 11.7. The van der Waals surface area contributed by atoms with Gasteiger partial charge in [-0.25, -0.2) is 0 Å². The summed E-state index contributed by atoms with van der Waals surface area (Å²) in [7, 11) is 1.72. The van der Waals surface area contributed by atoms with Crippen LogP contribution in [0.15, 0.2) is 24.3 Å². The molecular formula is C16H25NO. The fourth-order valence-corrected chi connectivity index (χ4v) is 2.93. The lowest BCUT2D eigenvalue weighted by molar-refractivity contribution is 0.161. The number of rotatable bonds is 5. The number of methoxy groups -OCH3 is 1. The van der Waals surface area contributed by atoms with Crippen LogP contribution in [0, 0.1) is 5.92 Å². The minimum Gasteiger partial charge on any atom is -0.497 e. The van der Waals surface area contributed by atoms with Crippen molar-refractivity contribution in [3.05, 3.63) is 29.8 Å². The van der Waals surface area contributed by atoms with Crippen molar-refractivity contribution in [1.29, 1.82) is 0 Å². The molecule has 1 aliphatic heterocycles. The van der Waals surface area contributed by atoms with Gasteiger partial charge in [0.05, 0.1) is 7.11 Å². The zero-order chi connectivity index (χ0) is 12.8. The lowest BCUT2D eigenvalue weighted by Gasteiger charge is -2.32. The first-order chi connectivity index (χ1) is 8.81. The quantitative estimate of drug-likeness (QED) is 0.786. The van der Waals surface area contributed by atoms with Crippen molar-refractivity contribution in [2.45, 2.75) is 39.2 Å². The molecule has 1 saturated heterocycles. The predicted molar refractivity (Wildman–Crippen MR) is 75.9 cm³/mol. The van der Waals surface area contributed by atoms with Crippen LogP contribution in [0.5, 0.6) is 5.75 Å². The molecule has 0 unspecified atom stereocenters. The molecule has 0 spiro atoms. The maximum absolute atomic E-state index is 5.19. The Morgan fingerprint density at radius 1 is 1.28 bits per heavy atom. The SMILES string of the molecule is CCC[C@@H]1CCCN(Cc2ccc(OC)cc2)C1. The second-order valence-electron chi connectivity index (χ2n) is 5.38. The monoisotopic (exact) mass is 247 g/mol. The third-order valence-corrected chi connectivity index (χ3v) is 3.87. The Kier molecular flexibility index (Phi) is 5.06. The second kappa shape index (κ2) is 6.79. The van der Waals surface area contributed by atoms with Gasteiger partial charge in [-0.2, -0.15) is 0 Å². The van der Waals surface area contributed by atoms with Gasteiger partial charge in [0, 0.05) is 13.1 Å². The van der Waals surface area contributed by atoms with E-state index >= 15 is 0 Å². The van der Waals surface area contributed by atoms with E-state index in [-0.39, 0.29) is 0 Å². The predicted octanol–water partition coefficient (Wildman–Crippen LogP) is 3.71. The van der Waals surface area contributed by atoms with E-state index in [1.54, 1.807) is 7.11 Å². The molecule has 1 heterocycles. The third kappa shape index (κ3) is 3.74. The standard InChI is InChI=1S/C16H25NO/c1-3-5-14-6-4-11-17(12-14)13-15-7-9-16(18-2)10-8-15/h7-10,14H,3-6,11-13H2,1-2H3/t14-/m1/s1. The van der Waals surface area contributed by atoms with Gasteiger partial charge in [0.1, 0.15) is 5.75 Å². The van der Waals surface area contributed by atoms with E-state index in [9.17, 15) is 0 Å². The van der Waals surface area contributed by atoms with Gasteiger partial charge in [-0.15, -0.1) is 0 Å². The highest BCUT2D eigenvalue weighted by molar-refractivity contribution is 5.27. The summed E-state index contributed by atoms with van der Waals surface area (Å²) >= 11 is 0. The van der Waals surface area contributed by atoms with Gasteiger partial charge in [-0.05, 0) is 49.4 Å². The molecule has 2 heteroatoms. The van der Waals surface area contributed by atoms with E-state index in [2.05, 4.69) is 36.1 Å². The van der Waals surface area contributed by atoms with E-state index in [0.717, 1.165) is 18.2 Å². The fourth-order valence-electron chi connectivity index (χ4n) is 2.93. The molecule has 0 amide bonds. The average molecular weight is 247 g/mol. The molecule has 2 rings (SSSR count). The summed E-state index contributed by atoms with van der Waals surface area (Å²) in [5.41, 5.74) is 1.40. The maximum Gasteiger partial charge on any atom is 0.118 e. The first kappa shape index (κ1) is 13.4. The molecule has 1 aromatic carbocycles. The van der Waals surface area contributed by atoms with Crippen molar-refractivity contribution in [3.8, 4) is 5.75 Å². The lowest BCUT2D eigenvalue weighted by atomic mass is 9.93. The number of hydrogen-bond acceptors (Lipinski definition) is 2. The van der Waals surface area contributed by atoms with Crippen molar-refractivity contribution in [2.75, 3.05) is 20.2 Å². The van der Waals surface area contributed by atoms with E-state index in [1.165, 1.54) is 44.3 Å². The largest absolute Gasteiger partial charge is 0.497 e. The molecule has 2 nitrogen and oxygen atoms in total. The maximum atomic E-state index is 5.19. The molecule has 1 aromatic rings. The van der Waals surface area contributed by atoms with Crippen molar-refractivity contribution >= 4 is 0 Å². The average Bonchev–Trinajstić information content (AvgIpc) is 2.40. The highest BCUT2D eigenvalue weighted by atomic mass is 16.5. The Morgan fingerprint density at radius 3 is 2.72 bits per heavy atom. The molecule has 0 aliphatic carbocycles. The summed E-state index contributed by atoms with van der Waals surface area (Å²) in [6, 6.07) is 8.48. The van der Waals surface area contributed by atoms with Crippen LogP contribution in [0.4, 0.5) is 0 Å². The van der Waals surface area contributed by atoms with Gasteiger partial charge in [0.15, 0.2) is 0 Å². The molecular weight excluding hydrogens is 222 g/mol. The first-order valence-corrected chi connectivity index (χ1v) is 7.17. The Hall–Kier alpha value is -1.02. The lowest BCUT2D eigenvalue weighted by Crippen LogP contribution is -2.34. The number of ether oxygens (including phenoxy) is 1. The highest BCUT2D eigenvalue weighted by Gasteiger charge is 2.18. The van der Waals surface area contributed by atoms with Gasteiger partial charge in [0.2, 0.25) is 0 Å². The van der Waals surface area contributed by atoms with Crippen molar-refractivity contribution in [3.63, 3.8) is 0 Å². The van der Waals surface area contributed by atoms with Crippen molar-refractivity contribution in [2.24, 2.45) is 5.92 Å². The zero-order valence-corrected chi connectivity index (χ0v) is 11.7. The molecule has 1 atom stereocenters. The van der Waals surface area contributed by atoms with Crippen molar-refractivity contribution in [1.82, 2.24) is 4.90 Å².